The monoisotopic (exact) mass is 217 g/mol. The highest BCUT2D eigenvalue weighted by Gasteiger charge is 2.15. The van der Waals surface area contributed by atoms with E-state index < -0.39 is 5.97 Å². The maximum atomic E-state index is 11.5. The first-order valence-corrected chi connectivity index (χ1v) is 4.90. The summed E-state index contributed by atoms with van der Waals surface area (Å²) < 4.78 is 4.85. The van der Waals surface area contributed by atoms with Gasteiger partial charge in [0.25, 0.3) is 0 Å². The molecule has 0 saturated heterocycles. The van der Waals surface area contributed by atoms with Gasteiger partial charge >= 0.3 is 5.97 Å². The van der Waals surface area contributed by atoms with E-state index in [2.05, 4.69) is 0 Å². The fourth-order valence-corrected chi connectivity index (χ4v) is 1.12. The summed E-state index contributed by atoms with van der Waals surface area (Å²) in [5, 5.41) is 8.85. The molecule has 4 nitrogen and oxygen atoms in total. The van der Waals surface area contributed by atoms with Gasteiger partial charge in [-0.3, -0.25) is 4.79 Å². The Balaban J connectivity index is 2.90. The third-order valence-corrected chi connectivity index (χ3v) is 1.90. The van der Waals surface area contributed by atoms with E-state index in [0.717, 1.165) is 0 Å². The number of esters is 1. The minimum Gasteiger partial charge on any atom is -0.462 e. The molecule has 0 heterocycles. The van der Waals surface area contributed by atoms with Crippen LogP contribution < -0.4 is 0 Å². The van der Waals surface area contributed by atoms with Gasteiger partial charge < -0.3 is 4.74 Å². The predicted octanol–water partition coefficient (Wildman–Crippen LogP) is 1.45. The molecule has 0 fully saturated rings. The molecule has 0 amide bonds. The van der Waals surface area contributed by atoms with Crippen molar-refractivity contribution in [3.63, 3.8) is 0 Å². The number of hydrogen-bond donors (Lipinski definition) is 0. The van der Waals surface area contributed by atoms with Crippen molar-refractivity contribution in [2.45, 2.75) is 13.3 Å². The third-order valence-electron chi connectivity index (χ3n) is 1.90. The lowest BCUT2D eigenvalue weighted by molar-refractivity contribution is -0.138. The molecule has 0 aliphatic heterocycles. The minimum atomic E-state index is -0.650. The highest BCUT2D eigenvalue weighted by atomic mass is 16.5. The van der Waals surface area contributed by atoms with Gasteiger partial charge in [-0.1, -0.05) is 6.92 Å². The Kier molecular flexibility index (Phi) is 4.22. The zero-order valence-electron chi connectivity index (χ0n) is 8.90. The number of carbonyl (C=O) groups excluding carboxylic acids is 2. The van der Waals surface area contributed by atoms with Crippen LogP contribution in [0.15, 0.2) is 35.5 Å². The number of nitrogens with zero attached hydrogens (tertiary/aromatic N) is 1. The van der Waals surface area contributed by atoms with Gasteiger partial charge in [-0.2, -0.15) is 5.26 Å². The lowest BCUT2D eigenvalue weighted by Gasteiger charge is -2.05. The second-order valence-corrected chi connectivity index (χ2v) is 3.15. The smallest absolute Gasteiger partial charge is 0.349 e. The highest BCUT2D eigenvalue weighted by Crippen LogP contribution is 2.13. The summed E-state index contributed by atoms with van der Waals surface area (Å²) >= 11 is 0. The van der Waals surface area contributed by atoms with Gasteiger partial charge in [0, 0.05) is 0 Å². The molecule has 4 heteroatoms. The standard InChI is InChI=1S/C12H11NO3/c1-2-7-16-12(15)11(8-13)9-3-5-10(14)6-4-9/h3-6H,2,7H2,1H3. The summed E-state index contributed by atoms with van der Waals surface area (Å²) in [5.74, 6) is -0.814. The second-order valence-electron chi connectivity index (χ2n) is 3.15. The van der Waals surface area contributed by atoms with Gasteiger partial charge in [0.15, 0.2) is 5.78 Å². The molecule has 0 unspecified atom stereocenters. The van der Waals surface area contributed by atoms with Crippen LogP contribution in [0.4, 0.5) is 0 Å². The molecule has 0 N–H and O–H groups in total. The molecule has 0 aromatic rings. The Labute approximate surface area is 93.5 Å². The SMILES string of the molecule is CCCOC(=O)C(C#N)=C1C=CC(=O)C=C1. The van der Waals surface area contributed by atoms with E-state index in [0.29, 0.717) is 12.0 Å². The molecule has 0 spiro atoms. The van der Waals surface area contributed by atoms with Crippen LogP contribution in [-0.2, 0) is 14.3 Å². The average molecular weight is 217 g/mol. The molecule has 0 bridgehead atoms. The van der Waals surface area contributed by atoms with Crippen LogP contribution in [0, 0.1) is 11.3 Å². The number of ether oxygens (including phenoxy) is 1. The van der Waals surface area contributed by atoms with Crippen molar-refractivity contribution in [3.05, 3.63) is 35.5 Å². The molecule has 1 aliphatic rings. The fourth-order valence-electron chi connectivity index (χ4n) is 1.12. The van der Waals surface area contributed by atoms with Crippen molar-refractivity contribution in [1.82, 2.24) is 0 Å². The number of allylic oxidation sites excluding steroid dienone is 5. The van der Waals surface area contributed by atoms with Crippen LogP contribution in [0.5, 0.6) is 0 Å². The largest absolute Gasteiger partial charge is 0.462 e. The molecule has 0 saturated carbocycles. The first kappa shape index (κ1) is 11.9. The molecule has 0 radical (unpaired) electrons. The fraction of sp³-hybridized carbons (Fsp3) is 0.250. The van der Waals surface area contributed by atoms with Crippen molar-refractivity contribution in [2.24, 2.45) is 0 Å². The second kappa shape index (κ2) is 5.66. The van der Waals surface area contributed by atoms with Crippen molar-refractivity contribution in [3.8, 4) is 6.07 Å². The van der Waals surface area contributed by atoms with Gasteiger partial charge in [0.2, 0.25) is 0 Å². The van der Waals surface area contributed by atoms with Gasteiger partial charge in [-0.25, -0.2) is 4.79 Å². The first-order chi connectivity index (χ1) is 7.69. The van der Waals surface area contributed by atoms with Crippen LogP contribution in [0.3, 0.4) is 0 Å². The summed E-state index contributed by atoms with van der Waals surface area (Å²) in [5.41, 5.74) is 0.330. The van der Waals surface area contributed by atoms with Gasteiger partial charge in [-0.15, -0.1) is 0 Å². The zero-order chi connectivity index (χ0) is 12.0. The van der Waals surface area contributed by atoms with Crippen LogP contribution in [0.2, 0.25) is 0 Å². The van der Waals surface area contributed by atoms with Crippen molar-refractivity contribution in [1.29, 1.82) is 5.26 Å². The first-order valence-electron chi connectivity index (χ1n) is 4.90. The number of rotatable bonds is 3. The summed E-state index contributed by atoms with van der Waals surface area (Å²) in [6.45, 7) is 2.15. The van der Waals surface area contributed by atoms with Gasteiger partial charge in [0.1, 0.15) is 11.6 Å². The quantitative estimate of drug-likeness (QED) is 0.407. The molecule has 0 aromatic heterocycles. The number of hydrogen-bond acceptors (Lipinski definition) is 4. The van der Waals surface area contributed by atoms with Crippen molar-refractivity contribution < 1.29 is 14.3 Å². The Hall–Kier alpha value is -2.15. The summed E-state index contributed by atoms with van der Waals surface area (Å²) in [6, 6.07) is 1.79. The van der Waals surface area contributed by atoms with E-state index in [1.807, 2.05) is 6.92 Å². The van der Waals surface area contributed by atoms with E-state index in [1.54, 1.807) is 6.07 Å². The summed E-state index contributed by atoms with van der Waals surface area (Å²) in [6.07, 6.45) is 6.19. The van der Waals surface area contributed by atoms with E-state index in [4.69, 9.17) is 10.00 Å². The molecule has 1 aliphatic carbocycles. The molecule has 16 heavy (non-hydrogen) atoms. The van der Waals surface area contributed by atoms with E-state index in [-0.39, 0.29) is 18.0 Å². The van der Waals surface area contributed by atoms with E-state index in [9.17, 15) is 9.59 Å². The van der Waals surface area contributed by atoms with Crippen molar-refractivity contribution >= 4 is 11.8 Å². The number of nitriles is 1. The van der Waals surface area contributed by atoms with Crippen LogP contribution in [0.25, 0.3) is 0 Å². The lowest BCUT2D eigenvalue weighted by Crippen LogP contribution is -2.10. The summed E-state index contributed by atoms with van der Waals surface area (Å²) in [7, 11) is 0. The molecular weight excluding hydrogens is 206 g/mol. The maximum Gasteiger partial charge on any atom is 0.349 e. The predicted molar refractivity (Wildman–Crippen MR) is 57.2 cm³/mol. The Morgan fingerprint density at radius 3 is 2.50 bits per heavy atom. The highest BCUT2D eigenvalue weighted by molar-refractivity contribution is 6.03. The van der Waals surface area contributed by atoms with Crippen molar-refractivity contribution in [2.75, 3.05) is 6.61 Å². The normalized spacial score (nSPS) is 13.5. The summed E-state index contributed by atoms with van der Waals surface area (Å²) in [4.78, 5) is 22.3. The molecule has 0 aromatic carbocycles. The third kappa shape index (κ3) is 2.92. The van der Waals surface area contributed by atoms with Crippen LogP contribution in [0.1, 0.15) is 13.3 Å². The van der Waals surface area contributed by atoms with Crippen LogP contribution in [-0.4, -0.2) is 18.4 Å². The van der Waals surface area contributed by atoms with E-state index in [1.165, 1.54) is 24.3 Å². The molecule has 0 atom stereocenters. The Bertz CT molecular complexity index is 418. The zero-order valence-corrected chi connectivity index (χ0v) is 8.90. The van der Waals surface area contributed by atoms with Gasteiger partial charge in [-0.05, 0) is 36.3 Å². The topological polar surface area (TPSA) is 67.2 Å². The lowest BCUT2D eigenvalue weighted by atomic mass is 10.0. The molecular formula is C12H11NO3. The minimum absolute atomic E-state index is 0.0755. The Morgan fingerprint density at radius 2 is 2.00 bits per heavy atom. The average Bonchev–Trinajstić information content (AvgIpc) is 2.30. The number of carbonyl (C=O) groups is 2. The Morgan fingerprint density at radius 1 is 1.38 bits per heavy atom. The number of ketones is 1. The molecule has 82 valence electrons. The molecule has 1 rings (SSSR count). The van der Waals surface area contributed by atoms with Crippen LogP contribution >= 0.6 is 0 Å². The van der Waals surface area contributed by atoms with Gasteiger partial charge in [0.05, 0.1) is 6.61 Å². The van der Waals surface area contributed by atoms with E-state index >= 15 is 0 Å². The maximum absolute atomic E-state index is 11.5.